The van der Waals surface area contributed by atoms with Gasteiger partial charge in [-0.15, -0.1) is 0 Å². The van der Waals surface area contributed by atoms with Crippen molar-refractivity contribution in [1.29, 1.82) is 0 Å². The van der Waals surface area contributed by atoms with E-state index in [1.54, 1.807) is 23.1 Å². The molecule has 0 bridgehead atoms. The predicted octanol–water partition coefficient (Wildman–Crippen LogP) is 3.87. The van der Waals surface area contributed by atoms with E-state index in [0.29, 0.717) is 25.2 Å². The summed E-state index contributed by atoms with van der Waals surface area (Å²) < 4.78 is 27.1. The van der Waals surface area contributed by atoms with Crippen molar-refractivity contribution in [2.45, 2.75) is 25.4 Å². The molecule has 2 heterocycles. The zero-order valence-electron chi connectivity index (χ0n) is 15.2. The number of rotatable bonds is 4. The summed E-state index contributed by atoms with van der Waals surface area (Å²) in [5.41, 5.74) is 1.42. The number of hydrogen-bond acceptors (Lipinski definition) is 2. The van der Waals surface area contributed by atoms with Gasteiger partial charge in [0.05, 0.1) is 0 Å². The molecule has 2 amide bonds. The van der Waals surface area contributed by atoms with Crippen molar-refractivity contribution >= 4 is 11.7 Å². The van der Waals surface area contributed by atoms with Crippen molar-refractivity contribution in [2.75, 3.05) is 31.1 Å². The maximum atomic E-state index is 13.9. The molecule has 4 rings (SSSR count). The van der Waals surface area contributed by atoms with Gasteiger partial charge in [0.2, 0.25) is 0 Å². The van der Waals surface area contributed by atoms with Crippen LogP contribution in [-0.4, -0.2) is 48.1 Å². The third-order valence-electron chi connectivity index (χ3n) is 5.45. The van der Waals surface area contributed by atoms with Gasteiger partial charge in [0.15, 0.2) is 0 Å². The van der Waals surface area contributed by atoms with Gasteiger partial charge in [0.1, 0.15) is 11.6 Å². The van der Waals surface area contributed by atoms with Crippen molar-refractivity contribution in [3.63, 3.8) is 0 Å². The molecule has 2 fully saturated rings. The fraction of sp³-hybridized carbons (Fsp3) is 0.381. The number of piperidine rings is 1. The summed E-state index contributed by atoms with van der Waals surface area (Å²) in [5.74, 6) is -0.488. The molecule has 1 atom stereocenters. The van der Waals surface area contributed by atoms with E-state index in [2.05, 4.69) is 4.90 Å². The molecule has 2 saturated heterocycles. The number of urea groups is 1. The normalized spacial score (nSPS) is 21.1. The van der Waals surface area contributed by atoms with Crippen molar-refractivity contribution in [3.8, 4) is 0 Å². The maximum Gasteiger partial charge on any atom is 0.324 e. The van der Waals surface area contributed by atoms with Gasteiger partial charge >= 0.3 is 6.03 Å². The Morgan fingerprint density at radius 3 is 2.52 bits per heavy atom. The van der Waals surface area contributed by atoms with Crippen LogP contribution in [0.25, 0.3) is 0 Å². The largest absolute Gasteiger partial charge is 0.324 e. The lowest BCUT2D eigenvalue weighted by molar-refractivity contribution is 0.122. The molecule has 6 heteroatoms. The highest BCUT2D eigenvalue weighted by molar-refractivity contribution is 5.94. The Morgan fingerprint density at radius 2 is 1.74 bits per heavy atom. The lowest BCUT2D eigenvalue weighted by Gasteiger charge is -2.37. The van der Waals surface area contributed by atoms with Gasteiger partial charge < -0.3 is 4.90 Å². The first kappa shape index (κ1) is 17.9. The van der Waals surface area contributed by atoms with Crippen LogP contribution >= 0.6 is 0 Å². The van der Waals surface area contributed by atoms with Crippen LogP contribution in [0.1, 0.15) is 18.4 Å². The number of carbonyl (C=O) groups excluding carboxylic acids is 1. The van der Waals surface area contributed by atoms with Gasteiger partial charge in [0.25, 0.3) is 0 Å². The Hall–Kier alpha value is -2.47. The lowest BCUT2D eigenvalue weighted by Crippen LogP contribution is -2.49. The van der Waals surface area contributed by atoms with Gasteiger partial charge in [-0.1, -0.05) is 18.2 Å². The molecule has 0 unspecified atom stereocenters. The summed E-state index contributed by atoms with van der Waals surface area (Å²) in [4.78, 5) is 18.7. The third-order valence-corrected chi connectivity index (χ3v) is 5.45. The lowest BCUT2D eigenvalue weighted by atomic mass is 10.0. The zero-order valence-corrected chi connectivity index (χ0v) is 15.2. The molecule has 0 spiro atoms. The number of nitrogens with zero attached hydrogens (tertiary/aromatic N) is 3. The second kappa shape index (κ2) is 7.64. The summed E-state index contributed by atoms with van der Waals surface area (Å²) in [6.45, 7) is 3.49. The highest BCUT2D eigenvalue weighted by Gasteiger charge is 2.36. The van der Waals surface area contributed by atoms with Crippen LogP contribution in [0.3, 0.4) is 0 Å². The molecule has 142 valence electrons. The quantitative estimate of drug-likeness (QED) is 0.816. The highest BCUT2D eigenvalue weighted by atomic mass is 19.1. The number of carbonyl (C=O) groups is 1. The molecule has 0 aromatic heterocycles. The minimum absolute atomic E-state index is 0.0284. The van der Waals surface area contributed by atoms with Gasteiger partial charge in [-0.25, -0.2) is 13.6 Å². The monoisotopic (exact) mass is 371 g/mol. The van der Waals surface area contributed by atoms with Crippen LogP contribution in [0.4, 0.5) is 19.3 Å². The van der Waals surface area contributed by atoms with Crippen LogP contribution in [0.15, 0.2) is 48.5 Å². The molecule has 0 saturated carbocycles. The zero-order chi connectivity index (χ0) is 18.8. The first-order valence-corrected chi connectivity index (χ1v) is 9.41. The predicted molar refractivity (Wildman–Crippen MR) is 101 cm³/mol. The second-order valence-electron chi connectivity index (χ2n) is 7.23. The number of anilines is 1. The standard InChI is InChI=1S/C21H23F2N3O/c22-17-7-9-18(10-8-17)25-12-13-26(21(25)27)19-5-3-11-24(15-19)14-16-4-1-2-6-20(16)23/h1-2,4,6-10,19H,3,5,11-15H2/t19-/m1/s1. The minimum atomic E-state index is -0.307. The van der Waals surface area contributed by atoms with Crippen LogP contribution in [0.2, 0.25) is 0 Å². The number of halogens is 2. The Bertz CT molecular complexity index is 811. The summed E-state index contributed by atoms with van der Waals surface area (Å²) in [5, 5.41) is 0. The average Bonchev–Trinajstić information content (AvgIpc) is 3.06. The fourth-order valence-corrected chi connectivity index (χ4v) is 4.05. The van der Waals surface area contributed by atoms with Crippen molar-refractivity contribution in [3.05, 3.63) is 65.7 Å². The summed E-state index contributed by atoms with van der Waals surface area (Å²) in [6, 6.07) is 13.0. The van der Waals surface area contributed by atoms with E-state index in [1.807, 2.05) is 17.0 Å². The van der Waals surface area contributed by atoms with Crippen LogP contribution in [0.5, 0.6) is 0 Å². The smallest absolute Gasteiger partial charge is 0.318 e. The van der Waals surface area contributed by atoms with Gasteiger partial charge in [0, 0.05) is 43.5 Å². The van der Waals surface area contributed by atoms with Crippen molar-refractivity contribution < 1.29 is 13.6 Å². The van der Waals surface area contributed by atoms with E-state index in [9.17, 15) is 13.6 Å². The van der Waals surface area contributed by atoms with Crippen LogP contribution in [-0.2, 0) is 6.54 Å². The van der Waals surface area contributed by atoms with Gasteiger partial charge in [-0.3, -0.25) is 9.80 Å². The Balaban J connectivity index is 1.42. The fourth-order valence-electron chi connectivity index (χ4n) is 4.05. The molecule has 27 heavy (non-hydrogen) atoms. The Morgan fingerprint density at radius 1 is 0.963 bits per heavy atom. The Labute approximate surface area is 158 Å². The first-order chi connectivity index (χ1) is 13.1. The first-order valence-electron chi connectivity index (χ1n) is 9.41. The van der Waals surface area contributed by atoms with E-state index in [1.165, 1.54) is 18.2 Å². The van der Waals surface area contributed by atoms with Crippen LogP contribution < -0.4 is 4.90 Å². The third kappa shape index (κ3) is 3.81. The van der Waals surface area contributed by atoms with Crippen molar-refractivity contribution in [1.82, 2.24) is 9.80 Å². The molecule has 0 radical (unpaired) electrons. The molecule has 0 N–H and O–H groups in total. The number of amides is 2. The van der Waals surface area contributed by atoms with Gasteiger partial charge in [-0.05, 0) is 49.7 Å². The molecule has 4 nitrogen and oxygen atoms in total. The van der Waals surface area contributed by atoms with E-state index in [-0.39, 0.29) is 23.7 Å². The number of hydrogen-bond donors (Lipinski definition) is 0. The topological polar surface area (TPSA) is 26.8 Å². The molecule has 2 aromatic rings. The molecule has 2 aliphatic heterocycles. The van der Waals surface area contributed by atoms with Crippen LogP contribution in [0, 0.1) is 11.6 Å². The van der Waals surface area contributed by atoms with E-state index in [4.69, 9.17) is 0 Å². The minimum Gasteiger partial charge on any atom is -0.318 e. The van der Waals surface area contributed by atoms with E-state index >= 15 is 0 Å². The SMILES string of the molecule is O=C1N(c2ccc(F)cc2)CCN1[C@@H]1CCCN(Cc2ccccc2F)C1. The summed E-state index contributed by atoms with van der Waals surface area (Å²) >= 11 is 0. The summed E-state index contributed by atoms with van der Waals surface area (Å²) in [6.07, 6.45) is 1.94. The molecule has 2 aliphatic rings. The maximum absolute atomic E-state index is 13.9. The van der Waals surface area contributed by atoms with E-state index < -0.39 is 0 Å². The van der Waals surface area contributed by atoms with Crippen molar-refractivity contribution in [2.24, 2.45) is 0 Å². The summed E-state index contributed by atoms with van der Waals surface area (Å²) in [7, 11) is 0. The second-order valence-corrected chi connectivity index (χ2v) is 7.23. The Kier molecular flexibility index (Phi) is 5.07. The average molecular weight is 371 g/mol. The molecule has 0 aliphatic carbocycles. The van der Waals surface area contributed by atoms with Gasteiger partial charge in [-0.2, -0.15) is 0 Å². The molecule has 2 aromatic carbocycles. The molecular formula is C21H23F2N3O. The highest BCUT2D eigenvalue weighted by Crippen LogP contribution is 2.26. The number of benzene rings is 2. The van der Waals surface area contributed by atoms with E-state index in [0.717, 1.165) is 31.6 Å². The number of likely N-dealkylation sites (tertiary alicyclic amines) is 1. The molecular weight excluding hydrogens is 348 g/mol.